The third-order valence-corrected chi connectivity index (χ3v) is 2.99. The monoisotopic (exact) mass is 288 g/mol. The molecule has 0 bridgehead atoms. The van der Waals surface area contributed by atoms with Crippen LogP contribution in [0.25, 0.3) is 0 Å². The Morgan fingerprint density at radius 2 is 1.90 bits per heavy atom. The van der Waals surface area contributed by atoms with Gasteiger partial charge in [-0.1, -0.05) is 19.9 Å². The lowest BCUT2D eigenvalue weighted by Crippen LogP contribution is -2.17. The number of hydrogen-bond donors (Lipinski definition) is 3. The standard InChI is InChI=1S/C16H20N2O3/c1-11(2)16(20)18-13-5-3-4-12(8-13)17-9-14-6-7-15(10-19)21-14/h3-8,11,17,19H,9-10H2,1-2H3,(H,18,20). The molecule has 0 unspecified atom stereocenters. The van der Waals surface area contributed by atoms with Gasteiger partial charge in [0.05, 0.1) is 6.54 Å². The molecule has 1 amide bonds. The van der Waals surface area contributed by atoms with Crippen LogP contribution in [0, 0.1) is 5.92 Å². The fourth-order valence-corrected chi connectivity index (χ4v) is 1.78. The van der Waals surface area contributed by atoms with Crippen molar-refractivity contribution < 1.29 is 14.3 Å². The molecule has 0 radical (unpaired) electrons. The summed E-state index contributed by atoms with van der Waals surface area (Å²) in [7, 11) is 0. The molecule has 2 rings (SSSR count). The number of aliphatic hydroxyl groups excluding tert-OH is 1. The van der Waals surface area contributed by atoms with Crippen LogP contribution in [0.5, 0.6) is 0 Å². The summed E-state index contributed by atoms with van der Waals surface area (Å²) in [5, 5.41) is 15.0. The van der Waals surface area contributed by atoms with E-state index in [0.29, 0.717) is 12.3 Å². The molecular formula is C16H20N2O3. The molecule has 21 heavy (non-hydrogen) atoms. The zero-order chi connectivity index (χ0) is 15.2. The Morgan fingerprint density at radius 1 is 1.19 bits per heavy atom. The molecule has 0 saturated carbocycles. The van der Waals surface area contributed by atoms with E-state index in [1.54, 1.807) is 6.07 Å². The SMILES string of the molecule is CC(C)C(=O)Nc1cccc(NCc2ccc(CO)o2)c1. The summed E-state index contributed by atoms with van der Waals surface area (Å²) in [5.41, 5.74) is 1.65. The second-order valence-corrected chi connectivity index (χ2v) is 5.10. The van der Waals surface area contributed by atoms with Crippen LogP contribution in [0.4, 0.5) is 11.4 Å². The lowest BCUT2D eigenvalue weighted by Gasteiger charge is -2.10. The van der Waals surface area contributed by atoms with Gasteiger partial charge in [0.25, 0.3) is 0 Å². The Hall–Kier alpha value is -2.27. The van der Waals surface area contributed by atoms with E-state index in [-0.39, 0.29) is 18.4 Å². The smallest absolute Gasteiger partial charge is 0.226 e. The number of nitrogens with one attached hydrogen (secondary N) is 2. The highest BCUT2D eigenvalue weighted by atomic mass is 16.4. The molecule has 0 aliphatic carbocycles. The van der Waals surface area contributed by atoms with Crippen molar-refractivity contribution in [3.8, 4) is 0 Å². The van der Waals surface area contributed by atoms with Crippen LogP contribution in [0.2, 0.25) is 0 Å². The highest BCUT2D eigenvalue weighted by Gasteiger charge is 2.07. The minimum atomic E-state index is -0.100. The fraction of sp³-hybridized carbons (Fsp3) is 0.312. The molecule has 0 aliphatic heterocycles. The molecule has 3 N–H and O–H groups in total. The average molecular weight is 288 g/mol. The Balaban J connectivity index is 1.96. The van der Waals surface area contributed by atoms with Crippen molar-refractivity contribution in [2.75, 3.05) is 10.6 Å². The molecule has 1 aromatic carbocycles. The lowest BCUT2D eigenvalue weighted by atomic mass is 10.2. The van der Waals surface area contributed by atoms with E-state index in [0.717, 1.165) is 17.1 Å². The zero-order valence-electron chi connectivity index (χ0n) is 12.2. The molecule has 2 aromatic rings. The van der Waals surface area contributed by atoms with Gasteiger partial charge < -0.3 is 20.2 Å². The third-order valence-electron chi connectivity index (χ3n) is 2.99. The summed E-state index contributed by atoms with van der Waals surface area (Å²) in [6.07, 6.45) is 0. The molecule has 1 heterocycles. The van der Waals surface area contributed by atoms with E-state index in [1.165, 1.54) is 0 Å². The number of amides is 1. The van der Waals surface area contributed by atoms with Crippen molar-refractivity contribution in [1.29, 1.82) is 0 Å². The van der Waals surface area contributed by atoms with E-state index in [1.807, 2.05) is 44.2 Å². The van der Waals surface area contributed by atoms with E-state index in [9.17, 15) is 4.79 Å². The van der Waals surface area contributed by atoms with E-state index >= 15 is 0 Å². The van der Waals surface area contributed by atoms with Crippen LogP contribution in [0.3, 0.4) is 0 Å². The number of carbonyl (C=O) groups is 1. The minimum absolute atomic E-state index is 0.00854. The van der Waals surface area contributed by atoms with E-state index in [2.05, 4.69) is 10.6 Å². The van der Waals surface area contributed by atoms with Gasteiger partial charge in [0.15, 0.2) is 0 Å². The number of carbonyl (C=O) groups excluding carboxylic acids is 1. The predicted octanol–water partition coefficient (Wildman–Crippen LogP) is 2.98. The van der Waals surface area contributed by atoms with E-state index < -0.39 is 0 Å². The van der Waals surface area contributed by atoms with Gasteiger partial charge in [0.2, 0.25) is 5.91 Å². The van der Waals surface area contributed by atoms with Crippen LogP contribution < -0.4 is 10.6 Å². The van der Waals surface area contributed by atoms with Gasteiger partial charge in [-0.2, -0.15) is 0 Å². The topological polar surface area (TPSA) is 74.5 Å². The molecule has 0 spiro atoms. The van der Waals surface area contributed by atoms with Gasteiger partial charge in [-0.05, 0) is 30.3 Å². The first kappa shape index (κ1) is 15.1. The quantitative estimate of drug-likeness (QED) is 0.764. The predicted molar refractivity (Wildman–Crippen MR) is 81.9 cm³/mol. The zero-order valence-corrected chi connectivity index (χ0v) is 12.2. The molecule has 0 saturated heterocycles. The number of furan rings is 1. The molecule has 112 valence electrons. The van der Waals surface area contributed by atoms with Gasteiger partial charge in [-0.25, -0.2) is 0 Å². The number of anilines is 2. The molecule has 5 heteroatoms. The number of aliphatic hydroxyl groups is 1. The summed E-state index contributed by atoms with van der Waals surface area (Å²) in [5.74, 6) is 1.23. The maximum Gasteiger partial charge on any atom is 0.226 e. The van der Waals surface area contributed by atoms with Crippen molar-refractivity contribution >= 4 is 17.3 Å². The maximum absolute atomic E-state index is 11.7. The normalized spacial score (nSPS) is 10.7. The number of rotatable bonds is 6. The van der Waals surface area contributed by atoms with Gasteiger partial charge in [-0.3, -0.25) is 4.79 Å². The molecule has 0 fully saturated rings. The van der Waals surface area contributed by atoms with Crippen LogP contribution in [-0.4, -0.2) is 11.0 Å². The van der Waals surface area contributed by atoms with Crippen molar-refractivity contribution in [2.24, 2.45) is 5.92 Å². The summed E-state index contributed by atoms with van der Waals surface area (Å²) < 4.78 is 5.40. The van der Waals surface area contributed by atoms with Gasteiger partial charge in [0, 0.05) is 17.3 Å². The lowest BCUT2D eigenvalue weighted by molar-refractivity contribution is -0.118. The summed E-state index contributed by atoms with van der Waals surface area (Å²) >= 11 is 0. The van der Waals surface area contributed by atoms with Crippen molar-refractivity contribution in [1.82, 2.24) is 0 Å². The molecule has 0 aliphatic rings. The van der Waals surface area contributed by atoms with Crippen molar-refractivity contribution in [3.05, 3.63) is 47.9 Å². The number of benzene rings is 1. The Bertz CT molecular complexity index is 605. The second kappa shape index (κ2) is 6.95. The van der Waals surface area contributed by atoms with Gasteiger partial charge >= 0.3 is 0 Å². The average Bonchev–Trinajstić information content (AvgIpc) is 2.93. The Kier molecular flexibility index (Phi) is 5.00. The highest BCUT2D eigenvalue weighted by Crippen LogP contribution is 2.17. The molecule has 1 aromatic heterocycles. The Morgan fingerprint density at radius 3 is 2.57 bits per heavy atom. The first-order valence-corrected chi connectivity index (χ1v) is 6.91. The van der Waals surface area contributed by atoms with Gasteiger partial charge in [-0.15, -0.1) is 0 Å². The summed E-state index contributed by atoms with van der Waals surface area (Å²) in [4.78, 5) is 11.7. The third kappa shape index (κ3) is 4.36. The van der Waals surface area contributed by atoms with Crippen LogP contribution in [0.15, 0.2) is 40.8 Å². The van der Waals surface area contributed by atoms with Crippen molar-refractivity contribution in [3.63, 3.8) is 0 Å². The van der Waals surface area contributed by atoms with Crippen LogP contribution in [0.1, 0.15) is 25.4 Å². The largest absolute Gasteiger partial charge is 0.462 e. The number of hydrogen-bond acceptors (Lipinski definition) is 4. The fourth-order valence-electron chi connectivity index (χ4n) is 1.78. The first-order valence-electron chi connectivity index (χ1n) is 6.91. The first-order chi connectivity index (χ1) is 10.1. The highest BCUT2D eigenvalue weighted by molar-refractivity contribution is 5.92. The summed E-state index contributed by atoms with van der Waals surface area (Å²) in [6, 6.07) is 11.1. The summed E-state index contributed by atoms with van der Waals surface area (Å²) in [6.45, 7) is 4.12. The molecular weight excluding hydrogens is 268 g/mol. The van der Waals surface area contributed by atoms with Crippen LogP contribution >= 0.6 is 0 Å². The minimum Gasteiger partial charge on any atom is -0.462 e. The Labute approximate surface area is 124 Å². The molecule has 5 nitrogen and oxygen atoms in total. The second-order valence-electron chi connectivity index (χ2n) is 5.10. The molecule has 0 atom stereocenters. The van der Waals surface area contributed by atoms with Crippen LogP contribution in [-0.2, 0) is 17.9 Å². The van der Waals surface area contributed by atoms with E-state index in [4.69, 9.17) is 9.52 Å². The van der Waals surface area contributed by atoms with Crippen molar-refractivity contribution in [2.45, 2.75) is 27.0 Å². The van der Waals surface area contributed by atoms with Gasteiger partial charge in [0.1, 0.15) is 18.1 Å². The maximum atomic E-state index is 11.7.